The molecule has 0 aromatic rings. The van der Waals surface area contributed by atoms with Crippen molar-refractivity contribution in [1.29, 1.82) is 0 Å². The monoisotopic (exact) mass is 192 g/mol. The molecule has 14 heavy (non-hydrogen) atoms. The lowest BCUT2D eigenvalue weighted by atomic mass is 9.79. The van der Waals surface area contributed by atoms with Crippen LogP contribution in [-0.2, 0) is 0 Å². The summed E-state index contributed by atoms with van der Waals surface area (Å²) in [5, 5.41) is 0. The summed E-state index contributed by atoms with van der Waals surface area (Å²) in [7, 11) is 0. The Bertz CT molecular complexity index is 283. The zero-order valence-corrected chi connectivity index (χ0v) is 9.20. The van der Waals surface area contributed by atoms with Crippen LogP contribution in [-0.4, -0.2) is 6.04 Å². The Morgan fingerprint density at radius 3 is 2.71 bits per heavy atom. The van der Waals surface area contributed by atoms with Gasteiger partial charge in [0.25, 0.3) is 0 Å². The first-order valence-electron chi connectivity index (χ1n) is 5.07. The van der Waals surface area contributed by atoms with Crippen molar-refractivity contribution in [3.63, 3.8) is 0 Å². The van der Waals surface area contributed by atoms with Crippen LogP contribution in [0.1, 0.15) is 20.8 Å². The third kappa shape index (κ3) is 2.48. The predicted molar refractivity (Wildman–Crippen MR) is 61.5 cm³/mol. The van der Waals surface area contributed by atoms with E-state index in [-0.39, 0.29) is 6.04 Å². The van der Waals surface area contributed by atoms with Gasteiger partial charge in [0.05, 0.1) is 0 Å². The largest absolute Gasteiger partial charge is 0.402 e. The van der Waals surface area contributed by atoms with E-state index in [1.807, 2.05) is 13.0 Å². The summed E-state index contributed by atoms with van der Waals surface area (Å²) in [5.74, 6) is 0.879. The van der Waals surface area contributed by atoms with Gasteiger partial charge in [-0.15, -0.1) is 0 Å². The van der Waals surface area contributed by atoms with Crippen molar-refractivity contribution < 1.29 is 0 Å². The molecule has 4 N–H and O–H groups in total. The van der Waals surface area contributed by atoms with Crippen LogP contribution in [0.3, 0.4) is 0 Å². The fourth-order valence-electron chi connectivity index (χ4n) is 2.09. The van der Waals surface area contributed by atoms with Gasteiger partial charge in [-0.25, -0.2) is 0 Å². The first-order valence-corrected chi connectivity index (χ1v) is 5.07. The molecule has 2 unspecified atom stereocenters. The molecule has 0 amide bonds. The number of rotatable bonds is 2. The number of hydrogen-bond donors (Lipinski definition) is 2. The SMILES string of the molecule is CC1=CC=CC(C)C1[C@H](N)/C=C(/C)N. The van der Waals surface area contributed by atoms with Crippen molar-refractivity contribution in [2.24, 2.45) is 23.3 Å². The molecule has 1 rings (SSSR count). The predicted octanol–water partition coefficient (Wildman–Crippen LogP) is 1.94. The summed E-state index contributed by atoms with van der Waals surface area (Å²) >= 11 is 0. The average molecular weight is 192 g/mol. The Morgan fingerprint density at radius 2 is 2.21 bits per heavy atom. The molecule has 0 radical (unpaired) electrons. The van der Waals surface area contributed by atoms with Crippen LogP contribution >= 0.6 is 0 Å². The van der Waals surface area contributed by atoms with Crippen molar-refractivity contribution in [3.8, 4) is 0 Å². The van der Waals surface area contributed by atoms with Crippen LogP contribution in [0.15, 0.2) is 35.6 Å². The lowest BCUT2D eigenvalue weighted by molar-refractivity contribution is 0.435. The second kappa shape index (κ2) is 4.47. The quantitative estimate of drug-likeness (QED) is 0.702. The van der Waals surface area contributed by atoms with E-state index in [1.165, 1.54) is 5.57 Å². The van der Waals surface area contributed by atoms with E-state index in [0.717, 1.165) is 5.70 Å². The summed E-state index contributed by atoms with van der Waals surface area (Å²) in [4.78, 5) is 0. The van der Waals surface area contributed by atoms with E-state index in [2.05, 4.69) is 32.1 Å². The molecule has 2 nitrogen and oxygen atoms in total. The smallest absolute Gasteiger partial charge is 0.0315 e. The van der Waals surface area contributed by atoms with Gasteiger partial charge in [0.1, 0.15) is 0 Å². The van der Waals surface area contributed by atoms with Gasteiger partial charge < -0.3 is 11.5 Å². The summed E-state index contributed by atoms with van der Waals surface area (Å²) in [5.41, 5.74) is 13.9. The minimum absolute atomic E-state index is 0.0243. The van der Waals surface area contributed by atoms with Crippen molar-refractivity contribution in [2.45, 2.75) is 26.8 Å². The van der Waals surface area contributed by atoms with Crippen LogP contribution in [0, 0.1) is 11.8 Å². The van der Waals surface area contributed by atoms with E-state index < -0.39 is 0 Å². The number of allylic oxidation sites excluding steroid dienone is 4. The molecule has 0 aromatic carbocycles. The van der Waals surface area contributed by atoms with E-state index >= 15 is 0 Å². The van der Waals surface area contributed by atoms with E-state index in [4.69, 9.17) is 11.5 Å². The van der Waals surface area contributed by atoms with Gasteiger partial charge in [-0.05, 0) is 25.8 Å². The highest BCUT2D eigenvalue weighted by atomic mass is 14.7. The van der Waals surface area contributed by atoms with Crippen LogP contribution in [0.2, 0.25) is 0 Å². The highest BCUT2D eigenvalue weighted by molar-refractivity contribution is 5.25. The maximum absolute atomic E-state index is 6.10. The number of nitrogens with two attached hydrogens (primary N) is 2. The van der Waals surface area contributed by atoms with Gasteiger partial charge in [0.15, 0.2) is 0 Å². The van der Waals surface area contributed by atoms with Crippen molar-refractivity contribution in [1.82, 2.24) is 0 Å². The molecule has 0 bridgehead atoms. The van der Waals surface area contributed by atoms with Gasteiger partial charge in [-0.1, -0.05) is 30.7 Å². The van der Waals surface area contributed by atoms with Crippen LogP contribution < -0.4 is 11.5 Å². The minimum Gasteiger partial charge on any atom is -0.402 e. The van der Waals surface area contributed by atoms with Crippen molar-refractivity contribution in [3.05, 3.63) is 35.6 Å². The first kappa shape index (κ1) is 11.1. The fraction of sp³-hybridized carbons (Fsp3) is 0.500. The molecule has 2 heteroatoms. The average Bonchev–Trinajstić information content (AvgIpc) is 2.01. The molecule has 1 aliphatic carbocycles. The summed E-state index contributed by atoms with van der Waals surface area (Å²) in [6.07, 6.45) is 8.36. The topological polar surface area (TPSA) is 52.0 Å². The van der Waals surface area contributed by atoms with E-state index in [9.17, 15) is 0 Å². The molecule has 0 saturated carbocycles. The molecule has 0 fully saturated rings. The molecule has 0 heterocycles. The molecule has 0 spiro atoms. The molecular weight excluding hydrogens is 172 g/mol. The third-order valence-corrected chi connectivity index (χ3v) is 2.74. The first-order chi connectivity index (χ1) is 6.52. The minimum atomic E-state index is 0.0243. The molecule has 78 valence electrons. The standard InChI is InChI=1S/C12H20N2/c1-8-5-4-6-9(2)12(8)11(14)7-10(3)13/h4-8,11-12H,13-14H2,1-3H3/b10-7-/t8?,11-,12?/m1/s1. The lowest BCUT2D eigenvalue weighted by Crippen LogP contribution is -2.34. The highest BCUT2D eigenvalue weighted by Gasteiger charge is 2.24. The maximum Gasteiger partial charge on any atom is 0.0315 e. The van der Waals surface area contributed by atoms with Gasteiger partial charge in [-0.2, -0.15) is 0 Å². The molecule has 3 atom stereocenters. The summed E-state index contributed by atoms with van der Waals surface area (Å²) in [6.45, 7) is 6.20. The highest BCUT2D eigenvalue weighted by Crippen LogP contribution is 2.28. The molecular formula is C12H20N2. The zero-order chi connectivity index (χ0) is 10.7. The van der Waals surface area contributed by atoms with E-state index in [1.54, 1.807) is 0 Å². The second-order valence-electron chi connectivity index (χ2n) is 4.17. The third-order valence-electron chi connectivity index (χ3n) is 2.74. The summed E-state index contributed by atoms with van der Waals surface area (Å²) < 4.78 is 0. The zero-order valence-electron chi connectivity index (χ0n) is 9.20. The lowest BCUT2D eigenvalue weighted by Gasteiger charge is -2.29. The van der Waals surface area contributed by atoms with Crippen LogP contribution in [0.4, 0.5) is 0 Å². The normalized spacial score (nSPS) is 30.0. The van der Waals surface area contributed by atoms with Crippen LogP contribution in [0.25, 0.3) is 0 Å². The Kier molecular flexibility index (Phi) is 3.53. The van der Waals surface area contributed by atoms with Gasteiger partial charge >= 0.3 is 0 Å². The van der Waals surface area contributed by atoms with Crippen LogP contribution in [0.5, 0.6) is 0 Å². The fourth-order valence-corrected chi connectivity index (χ4v) is 2.09. The second-order valence-corrected chi connectivity index (χ2v) is 4.17. The Hall–Kier alpha value is -1.02. The molecule has 1 aliphatic rings. The van der Waals surface area contributed by atoms with Gasteiger partial charge in [-0.3, -0.25) is 0 Å². The van der Waals surface area contributed by atoms with Crippen molar-refractivity contribution in [2.75, 3.05) is 0 Å². The molecule has 0 saturated heterocycles. The maximum atomic E-state index is 6.10. The molecule has 0 aliphatic heterocycles. The van der Waals surface area contributed by atoms with Gasteiger partial charge in [0, 0.05) is 17.7 Å². The molecule has 0 aromatic heterocycles. The Balaban J connectivity index is 2.81. The number of hydrogen-bond acceptors (Lipinski definition) is 2. The van der Waals surface area contributed by atoms with Crippen molar-refractivity contribution >= 4 is 0 Å². The Labute approximate surface area is 86.4 Å². The Morgan fingerprint density at radius 1 is 1.57 bits per heavy atom. The van der Waals surface area contributed by atoms with E-state index in [0.29, 0.717) is 11.8 Å². The summed E-state index contributed by atoms with van der Waals surface area (Å²) in [6, 6.07) is 0.0243. The van der Waals surface area contributed by atoms with Gasteiger partial charge in [0.2, 0.25) is 0 Å².